The van der Waals surface area contributed by atoms with Crippen LogP contribution in [-0.4, -0.2) is 33.8 Å². The molecule has 1 aliphatic heterocycles. The molecule has 2 aromatic rings. The summed E-state index contributed by atoms with van der Waals surface area (Å²) in [6, 6.07) is 10.2. The molecule has 0 atom stereocenters. The molecule has 0 saturated heterocycles. The molecule has 3 rings (SSSR count). The summed E-state index contributed by atoms with van der Waals surface area (Å²) in [5, 5.41) is 2.71. The highest BCUT2D eigenvalue weighted by Gasteiger charge is 2.26. The van der Waals surface area contributed by atoms with Crippen LogP contribution in [0.3, 0.4) is 0 Å². The Bertz CT molecular complexity index is 1030. The monoisotopic (exact) mass is 387 g/mol. The number of fused-ring (bicyclic) bond motifs is 1. The molecule has 2 amide bonds. The molecule has 1 aliphatic rings. The number of carbonyl (C=O) groups excluding carboxylic acids is 2. The SMILES string of the molecule is Cc1ccc(C)c(NC(=O)CNS(=O)(=O)c2ccc3c(c2)CC(=O)N3C)c1. The molecule has 0 unspecified atom stereocenters. The molecule has 0 aromatic heterocycles. The summed E-state index contributed by atoms with van der Waals surface area (Å²) in [5.41, 5.74) is 3.90. The predicted molar refractivity (Wildman–Crippen MR) is 103 cm³/mol. The second-order valence-electron chi connectivity index (χ2n) is 6.61. The van der Waals surface area contributed by atoms with E-state index in [1.165, 1.54) is 17.0 Å². The van der Waals surface area contributed by atoms with Gasteiger partial charge in [-0.1, -0.05) is 12.1 Å². The van der Waals surface area contributed by atoms with Gasteiger partial charge in [0.2, 0.25) is 21.8 Å². The Morgan fingerprint density at radius 2 is 1.89 bits per heavy atom. The molecule has 0 aliphatic carbocycles. The van der Waals surface area contributed by atoms with Crippen LogP contribution in [0.15, 0.2) is 41.3 Å². The van der Waals surface area contributed by atoms with Gasteiger partial charge in [-0.3, -0.25) is 9.59 Å². The zero-order valence-corrected chi connectivity index (χ0v) is 16.2. The van der Waals surface area contributed by atoms with Crippen LogP contribution >= 0.6 is 0 Å². The van der Waals surface area contributed by atoms with Crippen molar-refractivity contribution in [3.05, 3.63) is 53.1 Å². The highest BCUT2D eigenvalue weighted by atomic mass is 32.2. The molecule has 27 heavy (non-hydrogen) atoms. The van der Waals surface area contributed by atoms with Crippen LogP contribution in [-0.2, 0) is 26.0 Å². The minimum absolute atomic E-state index is 0.0314. The molecule has 7 nitrogen and oxygen atoms in total. The van der Waals surface area contributed by atoms with Crippen molar-refractivity contribution in [2.24, 2.45) is 0 Å². The van der Waals surface area contributed by atoms with Gasteiger partial charge in [0.1, 0.15) is 0 Å². The summed E-state index contributed by atoms with van der Waals surface area (Å²) in [4.78, 5) is 25.4. The second-order valence-corrected chi connectivity index (χ2v) is 8.38. The van der Waals surface area contributed by atoms with E-state index in [0.29, 0.717) is 16.9 Å². The second kappa shape index (κ2) is 7.13. The number of anilines is 2. The molecular weight excluding hydrogens is 366 g/mol. The van der Waals surface area contributed by atoms with Gasteiger partial charge in [-0.05, 0) is 54.8 Å². The number of hydrogen-bond acceptors (Lipinski definition) is 4. The highest BCUT2D eigenvalue weighted by molar-refractivity contribution is 7.89. The van der Waals surface area contributed by atoms with Crippen LogP contribution < -0.4 is 14.9 Å². The van der Waals surface area contributed by atoms with Gasteiger partial charge >= 0.3 is 0 Å². The normalized spacial score (nSPS) is 13.6. The van der Waals surface area contributed by atoms with Crippen molar-refractivity contribution in [1.82, 2.24) is 4.72 Å². The molecule has 0 bridgehead atoms. The Kier molecular flexibility index (Phi) is 5.03. The fraction of sp³-hybridized carbons (Fsp3) is 0.263. The lowest BCUT2D eigenvalue weighted by atomic mass is 10.1. The first kappa shape index (κ1) is 19.1. The maximum Gasteiger partial charge on any atom is 0.241 e. The number of carbonyl (C=O) groups is 2. The molecule has 2 aromatic carbocycles. The number of rotatable bonds is 5. The van der Waals surface area contributed by atoms with Crippen LogP contribution in [0.2, 0.25) is 0 Å². The van der Waals surface area contributed by atoms with Gasteiger partial charge in [-0.25, -0.2) is 13.1 Å². The first-order valence-corrected chi connectivity index (χ1v) is 9.92. The Morgan fingerprint density at radius 3 is 2.63 bits per heavy atom. The number of aryl methyl sites for hydroxylation is 2. The van der Waals surface area contributed by atoms with Gasteiger partial charge in [0.15, 0.2) is 0 Å². The number of amides is 2. The maximum atomic E-state index is 12.5. The third kappa shape index (κ3) is 4.01. The minimum atomic E-state index is -3.86. The predicted octanol–water partition coefficient (Wildman–Crippen LogP) is 1.74. The lowest BCUT2D eigenvalue weighted by Gasteiger charge is -2.12. The first-order valence-electron chi connectivity index (χ1n) is 8.43. The van der Waals surface area contributed by atoms with E-state index >= 15 is 0 Å². The van der Waals surface area contributed by atoms with Crippen LogP contribution in [0.5, 0.6) is 0 Å². The molecule has 0 saturated carbocycles. The number of hydrogen-bond donors (Lipinski definition) is 2. The average Bonchev–Trinajstić information content (AvgIpc) is 2.90. The van der Waals surface area contributed by atoms with Gasteiger partial charge in [0.25, 0.3) is 0 Å². The number of nitrogens with zero attached hydrogens (tertiary/aromatic N) is 1. The van der Waals surface area contributed by atoms with E-state index < -0.39 is 15.9 Å². The Morgan fingerprint density at radius 1 is 1.15 bits per heavy atom. The zero-order valence-electron chi connectivity index (χ0n) is 15.4. The molecule has 8 heteroatoms. The number of benzene rings is 2. The number of nitrogens with one attached hydrogen (secondary N) is 2. The Hall–Kier alpha value is -2.71. The van der Waals surface area contributed by atoms with Gasteiger partial charge < -0.3 is 10.2 Å². The van der Waals surface area contributed by atoms with Gasteiger partial charge in [-0.2, -0.15) is 0 Å². The Labute approximate surface area is 158 Å². The fourth-order valence-corrected chi connectivity index (χ4v) is 3.95. The van der Waals surface area contributed by atoms with Crippen molar-refractivity contribution in [3.8, 4) is 0 Å². The van der Waals surface area contributed by atoms with Crippen molar-refractivity contribution < 1.29 is 18.0 Å². The molecule has 2 N–H and O–H groups in total. The molecular formula is C19H21N3O4S. The molecule has 1 heterocycles. The number of likely N-dealkylation sites (N-methyl/N-ethyl adjacent to an activating group) is 1. The highest BCUT2D eigenvalue weighted by Crippen LogP contribution is 2.29. The summed E-state index contributed by atoms with van der Waals surface area (Å²) >= 11 is 0. The summed E-state index contributed by atoms with van der Waals surface area (Å²) in [7, 11) is -2.21. The summed E-state index contributed by atoms with van der Waals surface area (Å²) in [6.45, 7) is 3.39. The minimum Gasteiger partial charge on any atom is -0.325 e. The van der Waals surface area contributed by atoms with Crippen LogP contribution in [0.1, 0.15) is 16.7 Å². The van der Waals surface area contributed by atoms with Crippen LogP contribution in [0.25, 0.3) is 0 Å². The van der Waals surface area contributed by atoms with E-state index in [2.05, 4.69) is 10.0 Å². The Balaban J connectivity index is 1.69. The molecule has 0 radical (unpaired) electrons. The van der Waals surface area contributed by atoms with Crippen molar-refractivity contribution >= 4 is 33.2 Å². The fourth-order valence-electron chi connectivity index (χ4n) is 2.92. The van der Waals surface area contributed by atoms with E-state index in [1.807, 2.05) is 32.0 Å². The zero-order chi connectivity index (χ0) is 19.8. The third-order valence-corrected chi connectivity index (χ3v) is 5.93. The van der Waals surface area contributed by atoms with E-state index in [-0.39, 0.29) is 23.8 Å². The first-order chi connectivity index (χ1) is 12.7. The number of sulfonamides is 1. The summed E-state index contributed by atoms with van der Waals surface area (Å²) < 4.78 is 27.3. The summed E-state index contributed by atoms with van der Waals surface area (Å²) in [5.74, 6) is -0.538. The largest absolute Gasteiger partial charge is 0.325 e. The van der Waals surface area contributed by atoms with Crippen molar-refractivity contribution in [2.75, 3.05) is 23.8 Å². The molecule has 0 spiro atoms. The van der Waals surface area contributed by atoms with Gasteiger partial charge in [0.05, 0.1) is 17.9 Å². The average molecular weight is 387 g/mol. The quantitative estimate of drug-likeness (QED) is 0.817. The lowest BCUT2D eigenvalue weighted by molar-refractivity contribution is -0.117. The third-order valence-electron chi connectivity index (χ3n) is 4.53. The van der Waals surface area contributed by atoms with E-state index in [4.69, 9.17) is 0 Å². The lowest BCUT2D eigenvalue weighted by Crippen LogP contribution is -2.33. The van der Waals surface area contributed by atoms with Crippen LogP contribution in [0.4, 0.5) is 11.4 Å². The maximum absolute atomic E-state index is 12.5. The van der Waals surface area contributed by atoms with Crippen molar-refractivity contribution in [3.63, 3.8) is 0 Å². The van der Waals surface area contributed by atoms with E-state index in [9.17, 15) is 18.0 Å². The standard InChI is InChI=1S/C19H21N3O4S/c1-12-4-5-13(2)16(8-12)21-18(23)11-20-27(25,26)15-6-7-17-14(9-15)10-19(24)22(17)3/h4-9,20H,10-11H2,1-3H3,(H,21,23). The smallest absolute Gasteiger partial charge is 0.241 e. The van der Waals surface area contributed by atoms with Crippen molar-refractivity contribution in [1.29, 1.82) is 0 Å². The van der Waals surface area contributed by atoms with E-state index in [0.717, 1.165) is 11.1 Å². The topological polar surface area (TPSA) is 95.6 Å². The van der Waals surface area contributed by atoms with E-state index in [1.54, 1.807) is 13.1 Å². The van der Waals surface area contributed by atoms with Gasteiger partial charge in [0, 0.05) is 18.4 Å². The molecule has 0 fully saturated rings. The summed E-state index contributed by atoms with van der Waals surface area (Å²) in [6.07, 6.45) is 0.169. The van der Waals surface area contributed by atoms with Gasteiger partial charge in [-0.15, -0.1) is 0 Å². The van der Waals surface area contributed by atoms with Crippen LogP contribution in [0, 0.1) is 13.8 Å². The molecule has 142 valence electrons. The van der Waals surface area contributed by atoms with Crippen molar-refractivity contribution in [2.45, 2.75) is 25.2 Å².